The number of nitro groups is 1. The first-order valence-electron chi connectivity index (χ1n) is 6.32. The Bertz CT molecular complexity index is 435. The van der Waals surface area contributed by atoms with Gasteiger partial charge in [-0.3, -0.25) is 10.1 Å². The maximum Gasteiger partial charge on any atom is 0.269 e. The highest BCUT2D eigenvalue weighted by molar-refractivity contribution is 6.00. The molecule has 0 radical (unpaired) electrons. The fourth-order valence-corrected chi connectivity index (χ4v) is 1.54. The number of non-ortho nitro benzene ring substituents is 1. The van der Waals surface area contributed by atoms with Crippen molar-refractivity contribution in [3.8, 4) is 0 Å². The lowest BCUT2D eigenvalue weighted by Gasteiger charge is -2.06. The second kappa shape index (κ2) is 10.2. The van der Waals surface area contributed by atoms with Crippen LogP contribution in [0, 0.1) is 10.1 Å². The molecule has 0 heterocycles. The summed E-state index contributed by atoms with van der Waals surface area (Å²) in [5, 5.41) is 14.7. The molecule has 0 bridgehead atoms. The summed E-state index contributed by atoms with van der Waals surface area (Å²) in [4.78, 5) is 15.3. The lowest BCUT2D eigenvalue weighted by Crippen LogP contribution is -2.08. The number of halogens is 1. The zero-order valence-corrected chi connectivity index (χ0v) is 12.3. The number of nitrogens with zero attached hydrogens (tertiary/aromatic N) is 2. The Morgan fingerprint density at radius 2 is 2.05 bits per heavy atom. The Balaban J connectivity index is 0.00000361. The predicted octanol–water partition coefficient (Wildman–Crippen LogP) is 2.89. The first-order chi connectivity index (χ1) is 9.19. The summed E-state index contributed by atoms with van der Waals surface area (Å²) in [6, 6.07) is 6.33. The van der Waals surface area contributed by atoms with Crippen LogP contribution < -0.4 is 5.73 Å². The third-order valence-corrected chi connectivity index (χ3v) is 2.56. The molecule has 2 N–H and O–H groups in total. The standard InChI is InChI=1S/C13H19N3O3.ClH/c1-2-3-4-13(15-19-10-9-14)11-5-7-12(8-6-11)16(17)18;/h5-8H,2-4,9-10,14H2,1H3;1H. The molecule has 0 saturated heterocycles. The lowest BCUT2D eigenvalue weighted by molar-refractivity contribution is -0.384. The van der Waals surface area contributed by atoms with Crippen LogP contribution in [0.25, 0.3) is 0 Å². The maximum atomic E-state index is 10.6. The number of nitrogens with two attached hydrogens (primary N) is 1. The van der Waals surface area contributed by atoms with Crippen LogP contribution in [0.2, 0.25) is 0 Å². The van der Waals surface area contributed by atoms with E-state index in [0.717, 1.165) is 30.5 Å². The normalized spacial score (nSPS) is 10.8. The molecule has 20 heavy (non-hydrogen) atoms. The highest BCUT2D eigenvalue weighted by atomic mass is 35.5. The van der Waals surface area contributed by atoms with Gasteiger partial charge in [-0.1, -0.05) is 18.5 Å². The molecule has 1 aromatic rings. The summed E-state index contributed by atoms with van der Waals surface area (Å²) in [6.07, 6.45) is 2.81. The quantitative estimate of drug-likeness (QED) is 0.346. The fraction of sp³-hybridized carbons (Fsp3) is 0.462. The Labute approximate surface area is 124 Å². The van der Waals surface area contributed by atoms with Gasteiger partial charge < -0.3 is 10.6 Å². The smallest absolute Gasteiger partial charge is 0.269 e. The number of unbranched alkanes of at least 4 members (excludes halogenated alkanes) is 1. The predicted molar refractivity (Wildman–Crippen MR) is 81.4 cm³/mol. The number of nitro benzene ring substituents is 1. The Hall–Kier alpha value is -1.66. The van der Waals surface area contributed by atoms with Crippen LogP contribution in [-0.2, 0) is 4.84 Å². The van der Waals surface area contributed by atoms with Gasteiger partial charge in [-0.15, -0.1) is 12.4 Å². The van der Waals surface area contributed by atoms with Crippen LogP contribution in [0.1, 0.15) is 31.7 Å². The van der Waals surface area contributed by atoms with E-state index in [2.05, 4.69) is 12.1 Å². The molecule has 0 aromatic heterocycles. The number of hydrogen-bond donors (Lipinski definition) is 1. The Morgan fingerprint density at radius 1 is 1.40 bits per heavy atom. The molecule has 0 saturated carbocycles. The average molecular weight is 302 g/mol. The maximum absolute atomic E-state index is 10.6. The van der Waals surface area contributed by atoms with Gasteiger partial charge in [0.05, 0.1) is 10.6 Å². The molecule has 0 aliphatic heterocycles. The summed E-state index contributed by atoms with van der Waals surface area (Å²) in [6.45, 7) is 2.86. The summed E-state index contributed by atoms with van der Waals surface area (Å²) in [7, 11) is 0. The highest BCUT2D eigenvalue weighted by Gasteiger charge is 2.08. The number of oxime groups is 1. The molecular weight excluding hydrogens is 282 g/mol. The largest absolute Gasteiger partial charge is 0.394 e. The highest BCUT2D eigenvalue weighted by Crippen LogP contribution is 2.15. The van der Waals surface area contributed by atoms with Crippen LogP contribution in [0.15, 0.2) is 29.4 Å². The Morgan fingerprint density at radius 3 is 2.55 bits per heavy atom. The molecule has 1 rings (SSSR count). The van der Waals surface area contributed by atoms with Crippen molar-refractivity contribution < 1.29 is 9.76 Å². The van der Waals surface area contributed by atoms with E-state index in [1.54, 1.807) is 12.1 Å². The van der Waals surface area contributed by atoms with Crippen LogP contribution in [0.3, 0.4) is 0 Å². The minimum absolute atomic E-state index is 0. The van der Waals surface area contributed by atoms with Crippen molar-refractivity contribution in [1.29, 1.82) is 0 Å². The molecule has 0 amide bonds. The first-order valence-corrected chi connectivity index (χ1v) is 6.32. The zero-order chi connectivity index (χ0) is 14.1. The molecule has 0 unspecified atom stereocenters. The van der Waals surface area contributed by atoms with Crippen LogP contribution in [-0.4, -0.2) is 23.8 Å². The van der Waals surface area contributed by atoms with E-state index in [9.17, 15) is 10.1 Å². The van der Waals surface area contributed by atoms with Gasteiger partial charge in [-0.2, -0.15) is 0 Å². The third kappa shape index (κ3) is 5.99. The second-order valence-electron chi connectivity index (χ2n) is 4.07. The van der Waals surface area contributed by atoms with E-state index in [0.29, 0.717) is 13.2 Å². The van der Waals surface area contributed by atoms with Gasteiger partial charge in [0.25, 0.3) is 5.69 Å². The van der Waals surface area contributed by atoms with E-state index >= 15 is 0 Å². The molecule has 0 aliphatic carbocycles. The number of hydrogen-bond acceptors (Lipinski definition) is 5. The van der Waals surface area contributed by atoms with Gasteiger partial charge in [0.1, 0.15) is 6.61 Å². The first kappa shape index (κ1) is 18.3. The van der Waals surface area contributed by atoms with Gasteiger partial charge in [-0.05, 0) is 30.5 Å². The van der Waals surface area contributed by atoms with E-state index in [1.165, 1.54) is 12.1 Å². The van der Waals surface area contributed by atoms with Crippen molar-refractivity contribution >= 4 is 23.8 Å². The van der Waals surface area contributed by atoms with Crippen molar-refractivity contribution in [2.45, 2.75) is 26.2 Å². The van der Waals surface area contributed by atoms with Crippen LogP contribution in [0.5, 0.6) is 0 Å². The van der Waals surface area contributed by atoms with E-state index < -0.39 is 4.92 Å². The molecule has 0 aliphatic rings. The summed E-state index contributed by atoms with van der Waals surface area (Å²) in [5.41, 5.74) is 7.05. The van der Waals surface area contributed by atoms with Crippen LogP contribution in [0.4, 0.5) is 5.69 Å². The second-order valence-corrected chi connectivity index (χ2v) is 4.07. The molecule has 1 aromatic carbocycles. The third-order valence-electron chi connectivity index (χ3n) is 2.56. The van der Waals surface area contributed by atoms with Crippen LogP contribution >= 0.6 is 12.4 Å². The van der Waals surface area contributed by atoms with Gasteiger partial charge in [0.15, 0.2) is 0 Å². The van der Waals surface area contributed by atoms with E-state index in [1.807, 2.05) is 0 Å². The summed E-state index contributed by atoms with van der Waals surface area (Å²) in [5.74, 6) is 0. The van der Waals surface area contributed by atoms with Gasteiger partial charge in [-0.25, -0.2) is 0 Å². The Kier molecular flexibility index (Phi) is 9.32. The fourth-order valence-electron chi connectivity index (χ4n) is 1.54. The minimum Gasteiger partial charge on any atom is -0.394 e. The molecule has 6 nitrogen and oxygen atoms in total. The van der Waals surface area contributed by atoms with E-state index in [4.69, 9.17) is 10.6 Å². The average Bonchev–Trinajstić information content (AvgIpc) is 2.43. The summed E-state index contributed by atoms with van der Waals surface area (Å²) >= 11 is 0. The monoisotopic (exact) mass is 301 g/mol. The molecule has 7 heteroatoms. The SMILES string of the molecule is CCCCC(=NOCCN)c1ccc([N+](=O)[O-])cc1.Cl. The van der Waals surface area contributed by atoms with Crippen molar-refractivity contribution in [2.75, 3.05) is 13.2 Å². The molecule has 0 atom stereocenters. The van der Waals surface area contributed by atoms with Crippen molar-refractivity contribution in [3.05, 3.63) is 39.9 Å². The van der Waals surface area contributed by atoms with E-state index in [-0.39, 0.29) is 18.1 Å². The van der Waals surface area contributed by atoms with Crippen molar-refractivity contribution in [3.63, 3.8) is 0 Å². The van der Waals surface area contributed by atoms with Gasteiger partial charge in [0, 0.05) is 18.7 Å². The number of rotatable bonds is 8. The van der Waals surface area contributed by atoms with Gasteiger partial charge >= 0.3 is 0 Å². The molecule has 112 valence electrons. The van der Waals surface area contributed by atoms with Crippen molar-refractivity contribution in [1.82, 2.24) is 0 Å². The lowest BCUT2D eigenvalue weighted by atomic mass is 10.0. The van der Waals surface area contributed by atoms with Crippen molar-refractivity contribution in [2.24, 2.45) is 10.9 Å². The molecule has 0 spiro atoms. The topological polar surface area (TPSA) is 90.8 Å². The summed E-state index contributed by atoms with van der Waals surface area (Å²) < 4.78 is 0. The number of benzene rings is 1. The van der Waals surface area contributed by atoms with Gasteiger partial charge in [0.2, 0.25) is 0 Å². The molecular formula is C13H20ClN3O3. The molecule has 0 fully saturated rings. The minimum atomic E-state index is -0.419. The zero-order valence-electron chi connectivity index (χ0n) is 11.4.